The Morgan fingerprint density at radius 3 is 2.56 bits per heavy atom. The molecule has 1 spiro atoms. The zero-order valence-electron chi connectivity index (χ0n) is 21.0. The number of hydrogen-bond acceptors (Lipinski definition) is 6. The van der Waals surface area contributed by atoms with Gasteiger partial charge in [0.25, 0.3) is 0 Å². The van der Waals surface area contributed by atoms with Gasteiger partial charge in [0.1, 0.15) is 17.8 Å². The molecule has 1 saturated heterocycles. The fraction of sp³-hybridized carbons (Fsp3) is 0.786. The second-order valence-corrected chi connectivity index (χ2v) is 12.7. The average molecular weight is 471 g/mol. The monoisotopic (exact) mass is 470 g/mol. The third-order valence-electron chi connectivity index (χ3n) is 11.8. The van der Waals surface area contributed by atoms with Crippen molar-refractivity contribution in [1.29, 1.82) is 0 Å². The van der Waals surface area contributed by atoms with E-state index in [2.05, 4.69) is 13.8 Å². The summed E-state index contributed by atoms with van der Waals surface area (Å²) in [5.41, 5.74) is -1.04. The molecular formula is C28H38O6. The van der Waals surface area contributed by atoms with Gasteiger partial charge in [0.05, 0.1) is 17.1 Å². The van der Waals surface area contributed by atoms with Crippen LogP contribution in [0.3, 0.4) is 0 Å². The molecule has 0 amide bonds. The van der Waals surface area contributed by atoms with Crippen LogP contribution in [0, 0.1) is 34.5 Å². The van der Waals surface area contributed by atoms with E-state index in [4.69, 9.17) is 9.47 Å². The number of rotatable bonds is 2. The summed E-state index contributed by atoms with van der Waals surface area (Å²) >= 11 is 0. The van der Waals surface area contributed by atoms with Crippen LogP contribution in [0.5, 0.6) is 0 Å². The smallest absolute Gasteiger partial charge is 0.333 e. The fourth-order valence-corrected chi connectivity index (χ4v) is 9.48. The number of epoxide rings is 1. The molecule has 2 N–H and O–H groups in total. The summed E-state index contributed by atoms with van der Waals surface area (Å²) in [4.78, 5) is 25.7. The second kappa shape index (κ2) is 6.83. The molecule has 4 aliphatic carbocycles. The van der Waals surface area contributed by atoms with Gasteiger partial charge >= 0.3 is 5.97 Å². The molecule has 6 rings (SSSR count). The molecule has 2 aliphatic heterocycles. The summed E-state index contributed by atoms with van der Waals surface area (Å²) in [6.45, 7) is 10.2. The van der Waals surface area contributed by atoms with Crippen molar-refractivity contribution in [2.75, 3.05) is 0 Å². The summed E-state index contributed by atoms with van der Waals surface area (Å²) in [5.74, 6) is 0.110. The van der Waals surface area contributed by atoms with E-state index in [1.54, 1.807) is 6.08 Å². The SMILES string of the molecule is CC1=C(C)C(=O)O[C@@H]([C@@H](C)[C@H]2CC[C@@]3(O)[C@@H]4C[C@H]5O[C@]56[C@@H](O)C=CC(=O)[C@]6(C)[C@H]4CC[C@]23C)C1. The predicted molar refractivity (Wildman–Crippen MR) is 125 cm³/mol. The first-order valence-corrected chi connectivity index (χ1v) is 13.1. The third kappa shape index (κ3) is 2.43. The molecule has 0 radical (unpaired) electrons. The van der Waals surface area contributed by atoms with Crippen LogP contribution in [-0.4, -0.2) is 51.5 Å². The number of aliphatic hydroxyl groups is 2. The number of ether oxygens (including phenoxy) is 2. The number of carbonyl (C=O) groups is 2. The highest BCUT2D eigenvalue weighted by atomic mass is 16.6. The van der Waals surface area contributed by atoms with E-state index in [-0.39, 0.29) is 53.0 Å². The number of esters is 1. The molecular weight excluding hydrogens is 432 g/mol. The van der Waals surface area contributed by atoms with Crippen molar-refractivity contribution in [2.45, 2.75) is 103 Å². The number of ketones is 1. The molecule has 34 heavy (non-hydrogen) atoms. The molecule has 3 saturated carbocycles. The number of allylic oxidation sites excluding steroid dienone is 1. The van der Waals surface area contributed by atoms with E-state index in [1.165, 1.54) is 6.08 Å². The Hall–Kier alpha value is -1.50. The minimum Gasteiger partial charge on any atom is -0.458 e. The number of fused-ring (bicyclic) bond motifs is 4. The topological polar surface area (TPSA) is 96.4 Å². The van der Waals surface area contributed by atoms with Gasteiger partial charge in [0.15, 0.2) is 5.78 Å². The second-order valence-electron chi connectivity index (χ2n) is 12.7. The Kier molecular flexibility index (Phi) is 4.61. The minimum atomic E-state index is -0.901. The molecule has 4 fully saturated rings. The molecule has 0 bridgehead atoms. The maximum atomic E-state index is 13.3. The number of cyclic esters (lactones) is 1. The van der Waals surface area contributed by atoms with Crippen LogP contribution in [0.4, 0.5) is 0 Å². The minimum absolute atomic E-state index is 0.0224. The highest BCUT2D eigenvalue weighted by Crippen LogP contribution is 2.74. The lowest BCUT2D eigenvalue weighted by molar-refractivity contribution is -0.204. The van der Waals surface area contributed by atoms with Gasteiger partial charge in [-0.3, -0.25) is 4.79 Å². The van der Waals surface area contributed by atoms with Gasteiger partial charge in [0.2, 0.25) is 0 Å². The Bertz CT molecular complexity index is 1030. The van der Waals surface area contributed by atoms with Crippen LogP contribution in [0.1, 0.15) is 73.1 Å². The van der Waals surface area contributed by atoms with Crippen molar-refractivity contribution >= 4 is 11.8 Å². The van der Waals surface area contributed by atoms with Crippen molar-refractivity contribution in [3.8, 4) is 0 Å². The van der Waals surface area contributed by atoms with Gasteiger partial charge in [-0.25, -0.2) is 4.79 Å². The zero-order chi connectivity index (χ0) is 24.4. The summed E-state index contributed by atoms with van der Waals surface area (Å²) in [6.07, 6.45) is 6.65. The largest absolute Gasteiger partial charge is 0.458 e. The normalized spacial score (nSPS) is 54.6. The van der Waals surface area contributed by atoms with Crippen LogP contribution in [-0.2, 0) is 19.1 Å². The zero-order valence-corrected chi connectivity index (χ0v) is 21.0. The Labute approximate surface area is 201 Å². The molecule has 11 atom stereocenters. The molecule has 0 aromatic carbocycles. The summed E-state index contributed by atoms with van der Waals surface area (Å²) in [5, 5.41) is 23.3. The summed E-state index contributed by atoms with van der Waals surface area (Å²) < 4.78 is 12.0. The highest BCUT2D eigenvalue weighted by molar-refractivity contribution is 5.98. The number of carbonyl (C=O) groups excluding carboxylic acids is 2. The Morgan fingerprint density at radius 2 is 1.85 bits per heavy atom. The van der Waals surface area contributed by atoms with E-state index in [0.717, 1.165) is 36.8 Å². The lowest BCUT2D eigenvalue weighted by Gasteiger charge is -2.61. The van der Waals surface area contributed by atoms with E-state index in [0.29, 0.717) is 12.8 Å². The van der Waals surface area contributed by atoms with Gasteiger partial charge in [-0.15, -0.1) is 0 Å². The third-order valence-corrected chi connectivity index (χ3v) is 11.8. The van der Waals surface area contributed by atoms with Crippen LogP contribution < -0.4 is 0 Å². The molecule has 0 aromatic rings. The fourth-order valence-electron chi connectivity index (χ4n) is 9.48. The quantitative estimate of drug-likeness (QED) is 0.474. The van der Waals surface area contributed by atoms with Crippen molar-refractivity contribution in [2.24, 2.45) is 34.5 Å². The molecule has 2 heterocycles. The highest BCUT2D eigenvalue weighted by Gasteiger charge is 2.82. The van der Waals surface area contributed by atoms with E-state index in [1.807, 2.05) is 20.8 Å². The van der Waals surface area contributed by atoms with Crippen molar-refractivity contribution < 1.29 is 29.3 Å². The molecule has 186 valence electrons. The van der Waals surface area contributed by atoms with Gasteiger partial charge in [-0.1, -0.05) is 19.4 Å². The first-order valence-electron chi connectivity index (χ1n) is 13.1. The van der Waals surface area contributed by atoms with Gasteiger partial charge < -0.3 is 19.7 Å². The van der Waals surface area contributed by atoms with Gasteiger partial charge in [-0.2, -0.15) is 0 Å². The maximum absolute atomic E-state index is 13.3. The number of hydrogen-bond donors (Lipinski definition) is 2. The molecule has 0 aromatic heterocycles. The van der Waals surface area contributed by atoms with Crippen LogP contribution in [0.2, 0.25) is 0 Å². The maximum Gasteiger partial charge on any atom is 0.333 e. The van der Waals surface area contributed by atoms with Crippen LogP contribution in [0.25, 0.3) is 0 Å². The van der Waals surface area contributed by atoms with E-state index < -0.39 is 22.7 Å². The molecule has 6 nitrogen and oxygen atoms in total. The predicted octanol–water partition coefficient (Wildman–Crippen LogP) is 3.50. The Morgan fingerprint density at radius 1 is 1.12 bits per heavy atom. The lowest BCUT2D eigenvalue weighted by atomic mass is 9.43. The summed E-state index contributed by atoms with van der Waals surface area (Å²) in [7, 11) is 0. The van der Waals surface area contributed by atoms with Crippen LogP contribution >= 0.6 is 0 Å². The average Bonchev–Trinajstić information content (AvgIpc) is 3.46. The summed E-state index contributed by atoms with van der Waals surface area (Å²) in [6, 6.07) is 0. The van der Waals surface area contributed by atoms with E-state index in [9.17, 15) is 19.8 Å². The number of aliphatic hydroxyl groups excluding tert-OH is 1. The molecule has 6 aliphatic rings. The van der Waals surface area contributed by atoms with Crippen molar-refractivity contribution in [1.82, 2.24) is 0 Å². The standard InChI is InChI=1S/C28H38O6/c1-14-12-20(33-24(31)15(14)2)16(3)17-9-11-27(32)19-13-23-28(34-23)22(30)7-6-21(29)26(28,5)18(19)8-10-25(17,27)4/h6-7,16-20,22-23,30,32H,8-13H2,1-5H3/t16-,17+,18-,19+,20+,22-,23+,25+,26-,27+,28+/m0/s1. The Balaban J connectivity index is 1.32. The van der Waals surface area contributed by atoms with Gasteiger partial charge in [-0.05, 0) is 94.1 Å². The van der Waals surface area contributed by atoms with Gasteiger partial charge in [0, 0.05) is 12.0 Å². The first-order chi connectivity index (χ1) is 15.9. The lowest BCUT2D eigenvalue weighted by Crippen LogP contribution is -2.68. The van der Waals surface area contributed by atoms with Crippen LogP contribution in [0.15, 0.2) is 23.3 Å². The molecule has 6 heteroatoms. The first kappa shape index (κ1) is 22.9. The van der Waals surface area contributed by atoms with Crippen molar-refractivity contribution in [3.05, 3.63) is 23.3 Å². The molecule has 0 unspecified atom stereocenters. The van der Waals surface area contributed by atoms with E-state index >= 15 is 0 Å². The van der Waals surface area contributed by atoms with Crippen molar-refractivity contribution in [3.63, 3.8) is 0 Å².